The van der Waals surface area contributed by atoms with Crippen LogP contribution in [-0.2, 0) is 14.3 Å². The number of amides is 1. The molecular weight excluding hydrogens is 334 g/mol. The van der Waals surface area contributed by atoms with E-state index in [4.69, 9.17) is 4.74 Å². The van der Waals surface area contributed by atoms with Crippen molar-refractivity contribution in [2.24, 2.45) is 0 Å². The molecule has 1 aromatic carbocycles. The Hall–Kier alpha value is -1.96. The molecule has 0 bridgehead atoms. The minimum atomic E-state index is -1.01. The molecule has 144 valence electrons. The van der Waals surface area contributed by atoms with Gasteiger partial charge in [0.05, 0.1) is 19.6 Å². The van der Waals surface area contributed by atoms with E-state index < -0.39 is 12.0 Å². The zero-order valence-corrected chi connectivity index (χ0v) is 15.6. The van der Waals surface area contributed by atoms with Crippen molar-refractivity contribution in [3.8, 4) is 0 Å². The summed E-state index contributed by atoms with van der Waals surface area (Å²) >= 11 is 0. The number of hydrogen-bond acceptors (Lipinski definition) is 5. The number of carbonyl (C=O) groups is 2. The highest BCUT2D eigenvalue weighted by atomic mass is 16.5. The highest BCUT2D eigenvalue weighted by Crippen LogP contribution is 2.18. The number of carboxylic acid groups (broad SMARTS) is 1. The predicted octanol–water partition coefficient (Wildman–Crippen LogP) is 1.40. The summed E-state index contributed by atoms with van der Waals surface area (Å²) in [6.07, 6.45) is 0.739. The van der Waals surface area contributed by atoms with Crippen LogP contribution in [0.25, 0.3) is 0 Å². The van der Waals surface area contributed by atoms with Crippen molar-refractivity contribution in [3.63, 3.8) is 0 Å². The van der Waals surface area contributed by atoms with Crippen molar-refractivity contribution in [1.29, 1.82) is 0 Å². The average Bonchev–Trinajstić information content (AvgIpc) is 2.62. The third-order valence-electron chi connectivity index (χ3n) is 4.71. The molecule has 26 heavy (non-hydrogen) atoms. The third kappa shape index (κ3) is 6.40. The topological polar surface area (TPSA) is 90.9 Å². The third-order valence-corrected chi connectivity index (χ3v) is 4.71. The van der Waals surface area contributed by atoms with E-state index in [0.717, 1.165) is 56.1 Å². The second-order valence-electron chi connectivity index (χ2n) is 6.65. The molecule has 7 nitrogen and oxygen atoms in total. The second kappa shape index (κ2) is 10.3. The van der Waals surface area contributed by atoms with Gasteiger partial charge in [-0.1, -0.05) is 12.1 Å². The van der Waals surface area contributed by atoms with Crippen LogP contribution < -0.4 is 10.6 Å². The monoisotopic (exact) mass is 363 g/mol. The number of hydrogen-bond donors (Lipinski definition) is 3. The Morgan fingerprint density at radius 1 is 1.27 bits per heavy atom. The maximum Gasteiger partial charge on any atom is 0.321 e. The number of rotatable bonds is 9. The molecule has 1 unspecified atom stereocenters. The summed E-state index contributed by atoms with van der Waals surface area (Å²) in [4.78, 5) is 26.0. The lowest BCUT2D eigenvalue weighted by Crippen LogP contribution is -2.42. The summed E-state index contributed by atoms with van der Waals surface area (Å²) in [6.45, 7) is 8.71. The number of ether oxygens (including phenoxy) is 1. The Balaban J connectivity index is 1.76. The molecule has 1 atom stereocenters. The molecule has 0 radical (unpaired) electrons. The molecule has 3 N–H and O–H groups in total. The fraction of sp³-hybridized carbons (Fsp3) is 0.579. The minimum absolute atomic E-state index is 0.0970. The smallest absolute Gasteiger partial charge is 0.321 e. The van der Waals surface area contributed by atoms with Crippen molar-refractivity contribution < 1.29 is 19.4 Å². The predicted molar refractivity (Wildman–Crippen MR) is 100 cm³/mol. The van der Waals surface area contributed by atoms with E-state index in [1.807, 2.05) is 32.0 Å². The van der Waals surface area contributed by atoms with Crippen molar-refractivity contribution in [2.75, 3.05) is 44.7 Å². The summed E-state index contributed by atoms with van der Waals surface area (Å²) in [6, 6.07) is 4.79. The molecule has 1 heterocycles. The molecule has 0 spiro atoms. The Morgan fingerprint density at radius 2 is 2.00 bits per heavy atom. The van der Waals surface area contributed by atoms with Crippen LogP contribution in [-0.4, -0.2) is 67.3 Å². The number of carbonyl (C=O) groups excluding carboxylic acids is 1. The zero-order chi connectivity index (χ0) is 18.9. The van der Waals surface area contributed by atoms with E-state index in [0.29, 0.717) is 6.54 Å². The molecule has 1 saturated heterocycles. The van der Waals surface area contributed by atoms with Gasteiger partial charge in [0, 0.05) is 18.8 Å². The first kappa shape index (κ1) is 20.4. The maximum atomic E-state index is 12.2. The Bertz CT molecular complexity index is 615. The van der Waals surface area contributed by atoms with Crippen molar-refractivity contribution in [3.05, 3.63) is 29.3 Å². The number of aliphatic carboxylic acids is 1. The van der Waals surface area contributed by atoms with Crippen LogP contribution in [0.2, 0.25) is 0 Å². The van der Waals surface area contributed by atoms with E-state index in [-0.39, 0.29) is 12.3 Å². The molecule has 7 heteroatoms. The first-order chi connectivity index (χ1) is 12.5. The largest absolute Gasteiger partial charge is 0.480 e. The van der Waals surface area contributed by atoms with E-state index in [1.54, 1.807) is 0 Å². The lowest BCUT2D eigenvalue weighted by Gasteiger charge is -2.26. The highest BCUT2D eigenvalue weighted by molar-refractivity contribution is 5.94. The van der Waals surface area contributed by atoms with E-state index in [2.05, 4.69) is 15.5 Å². The van der Waals surface area contributed by atoms with Gasteiger partial charge in [-0.15, -0.1) is 0 Å². The SMILES string of the molecule is Cc1cccc(NC(=O)CC(NCCCN2CCOCC2)C(=O)O)c1C. The van der Waals surface area contributed by atoms with Crippen molar-refractivity contribution >= 4 is 17.6 Å². The van der Waals surface area contributed by atoms with Gasteiger partial charge >= 0.3 is 5.97 Å². The summed E-state index contributed by atoms with van der Waals surface area (Å²) in [5.74, 6) is -1.31. The second-order valence-corrected chi connectivity index (χ2v) is 6.65. The summed E-state index contributed by atoms with van der Waals surface area (Å²) in [7, 11) is 0. The molecule has 1 aromatic rings. The maximum absolute atomic E-state index is 12.2. The van der Waals surface area contributed by atoms with Gasteiger partial charge in [0.1, 0.15) is 6.04 Å². The Labute approximate surface area is 154 Å². The van der Waals surface area contributed by atoms with Crippen LogP contribution in [0.15, 0.2) is 18.2 Å². The molecule has 0 aliphatic carbocycles. The molecule has 1 aliphatic heterocycles. The number of nitrogens with zero attached hydrogens (tertiary/aromatic N) is 1. The van der Waals surface area contributed by atoms with Gasteiger partial charge in [-0.05, 0) is 50.6 Å². The number of anilines is 1. The highest BCUT2D eigenvalue weighted by Gasteiger charge is 2.21. The first-order valence-electron chi connectivity index (χ1n) is 9.09. The lowest BCUT2D eigenvalue weighted by molar-refractivity contribution is -0.141. The number of nitrogens with one attached hydrogen (secondary N) is 2. The number of carboxylic acids is 1. The standard InChI is InChI=1S/C19H29N3O4/c1-14-5-3-6-16(15(14)2)21-18(23)13-17(19(24)25)20-7-4-8-22-9-11-26-12-10-22/h3,5-6,17,20H,4,7-13H2,1-2H3,(H,21,23)(H,24,25). The Morgan fingerprint density at radius 3 is 2.69 bits per heavy atom. The summed E-state index contributed by atoms with van der Waals surface area (Å²) in [5.41, 5.74) is 2.80. The summed E-state index contributed by atoms with van der Waals surface area (Å²) in [5, 5.41) is 15.2. The van der Waals surface area contributed by atoms with Crippen molar-refractivity contribution in [1.82, 2.24) is 10.2 Å². The quantitative estimate of drug-likeness (QED) is 0.575. The molecule has 1 aliphatic rings. The fourth-order valence-corrected chi connectivity index (χ4v) is 2.92. The molecule has 2 rings (SSSR count). The summed E-state index contributed by atoms with van der Waals surface area (Å²) < 4.78 is 5.30. The van der Waals surface area contributed by atoms with Crippen molar-refractivity contribution in [2.45, 2.75) is 32.7 Å². The lowest BCUT2D eigenvalue weighted by atomic mass is 10.1. The normalized spacial score (nSPS) is 16.2. The van der Waals surface area contributed by atoms with Crippen LogP contribution in [0.5, 0.6) is 0 Å². The van der Waals surface area contributed by atoms with Crippen LogP contribution in [0.3, 0.4) is 0 Å². The Kier molecular flexibility index (Phi) is 8.03. The van der Waals surface area contributed by atoms with Crippen LogP contribution in [0.1, 0.15) is 24.0 Å². The van der Waals surface area contributed by atoms with Gasteiger partial charge in [0.2, 0.25) is 5.91 Å². The van der Waals surface area contributed by atoms with E-state index in [1.165, 1.54) is 0 Å². The first-order valence-corrected chi connectivity index (χ1v) is 9.09. The van der Waals surface area contributed by atoms with Crippen LogP contribution >= 0.6 is 0 Å². The molecule has 1 fully saturated rings. The van der Waals surface area contributed by atoms with Gasteiger partial charge in [-0.2, -0.15) is 0 Å². The van der Waals surface area contributed by atoms with Gasteiger partial charge < -0.3 is 20.5 Å². The number of aryl methyl sites for hydroxylation is 1. The van der Waals surface area contributed by atoms with Gasteiger partial charge in [0.15, 0.2) is 0 Å². The van der Waals surface area contributed by atoms with E-state index >= 15 is 0 Å². The molecular formula is C19H29N3O4. The van der Waals surface area contributed by atoms with Crippen LogP contribution in [0.4, 0.5) is 5.69 Å². The molecule has 0 saturated carbocycles. The van der Waals surface area contributed by atoms with Gasteiger partial charge in [-0.25, -0.2) is 0 Å². The molecule has 1 amide bonds. The average molecular weight is 363 g/mol. The number of benzene rings is 1. The number of morpholine rings is 1. The van der Waals surface area contributed by atoms with E-state index in [9.17, 15) is 14.7 Å². The molecule has 0 aromatic heterocycles. The van der Waals surface area contributed by atoms with Crippen LogP contribution in [0, 0.1) is 13.8 Å². The fourth-order valence-electron chi connectivity index (χ4n) is 2.92. The van der Waals surface area contributed by atoms with Gasteiger partial charge in [0.25, 0.3) is 0 Å². The van der Waals surface area contributed by atoms with Gasteiger partial charge in [-0.3, -0.25) is 14.5 Å². The minimum Gasteiger partial charge on any atom is -0.480 e. The zero-order valence-electron chi connectivity index (χ0n) is 15.6.